The lowest BCUT2D eigenvalue weighted by Gasteiger charge is -2.31. The van der Waals surface area contributed by atoms with Crippen LogP contribution in [0.1, 0.15) is 36.8 Å². The van der Waals surface area contributed by atoms with Gasteiger partial charge in [-0.05, 0) is 43.7 Å². The first-order valence-electron chi connectivity index (χ1n) is 8.26. The van der Waals surface area contributed by atoms with Gasteiger partial charge in [0, 0.05) is 25.0 Å². The predicted octanol–water partition coefficient (Wildman–Crippen LogP) is 2.05. The molecule has 1 aromatic carbocycles. The fourth-order valence-corrected chi connectivity index (χ4v) is 3.02. The minimum Gasteiger partial charge on any atom is -0.353 e. The highest BCUT2D eigenvalue weighted by molar-refractivity contribution is 5.81. The van der Waals surface area contributed by atoms with Gasteiger partial charge in [0.1, 0.15) is 0 Å². The van der Waals surface area contributed by atoms with Crippen molar-refractivity contribution in [2.45, 2.75) is 45.1 Å². The predicted molar refractivity (Wildman–Crippen MR) is 85.4 cm³/mol. The zero-order chi connectivity index (χ0) is 15.5. The summed E-state index contributed by atoms with van der Waals surface area (Å²) in [6.07, 6.45) is 4.29. The van der Waals surface area contributed by atoms with E-state index >= 15 is 0 Å². The van der Waals surface area contributed by atoms with Crippen LogP contribution in [-0.2, 0) is 16.0 Å². The Morgan fingerprint density at radius 2 is 1.82 bits per heavy atom. The van der Waals surface area contributed by atoms with Gasteiger partial charge in [-0.1, -0.05) is 24.3 Å². The van der Waals surface area contributed by atoms with Crippen LogP contribution < -0.4 is 5.32 Å². The summed E-state index contributed by atoms with van der Waals surface area (Å²) in [5, 5.41) is 3.07. The molecule has 2 amide bonds. The highest BCUT2D eigenvalue weighted by Gasteiger charge is 2.31. The third-order valence-electron chi connectivity index (χ3n) is 4.75. The number of hydrogen-bond acceptors (Lipinski definition) is 2. The average molecular weight is 300 g/mol. The monoisotopic (exact) mass is 300 g/mol. The summed E-state index contributed by atoms with van der Waals surface area (Å²) in [6.45, 7) is 3.44. The second-order valence-electron chi connectivity index (χ2n) is 6.54. The molecule has 0 aromatic heterocycles. The van der Waals surface area contributed by atoms with Crippen molar-refractivity contribution < 1.29 is 9.59 Å². The molecule has 0 radical (unpaired) electrons. The third kappa shape index (κ3) is 3.67. The van der Waals surface area contributed by atoms with E-state index in [1.165, 1.54) is 0 Å². The number of aryl methyl sites for hydroxylation is 1. The van der Waals surface area contributed by atoms with Gasteiger partial charge < -0.3 is 10.2 Å². The molecular formula is C18H24N2O2. The highest BCUT2D eigenvalue weighted by Crippen LogP contribution is 2.23. The molecule has 1 heterocycles. The van der Waals surface area contributed by atoms with Gasteiger partial charge in [0.2, 0.25) is 11.8 Å². The van der Waals surface area contributed by atoms with E-state index in [0.29, 0.717) is 25.6 Å². The van der Waals surface area contributed by atoms with Crippen LogP contribution in [-0.4, -0.2) is 35.8 Å². The lowest BCUT2D eigenvalue weighted by Crippen LogP contribution is -2.44. The molecule has 0 bridgehead atoms. The molecule has 3 rings (SSSR count). The largest absolute Gasteiger partial charge is 0.353 e. The van der Waals surface area contributed by atoms with Gasteiger partial charge >= 0.3 is 0 Å². The van der Waals surface area contributed by atoms with Crippen LogP contribution in [0.5, 0.6) is 0 Å². The number of likely N-dealkylation sites (tertiary alicyclic amines) is 1. The average Bonchev–Trinajstić information content (AvgIpc) is 3.33. The molecule has 1 saturated carbocycles. The third-order valence-corrected chi connectivity index (χ3v) is 4.75. The smallest absolute Gasteiger partial charge is 0.226 e. The summed E-state index contributed by atoms with van der Waals surface area (Å²) < 4.78 is 0. The number of hydrogen-bond donors (Lipinski definition) is 1. The van der Waals surface area contributed by atoms with E-state index in [1.54, 1.807) is 0 Å². The second-order valence-corrected chi connectivity index (χ2v) is 6.54. The molecule has 22 heavy (non-hydrogen) atoms. The Morgan fingerprint density at radius 1 is 1.14 bits per heavy atom. The van der Waals surface area contributed by atoms with Gasteiger partial charge in [-0.15, -0.1) is 0 Å². The van der Waals surface area contributed by atoms with Gasteiger partial charge in [-0.25, -0.2) is 0 Å². The van der Waals surface area contributed by atoms with Crippen molar-refractivity contribution in [2.24, 2.45) is 5.92 Å². The molecule has 2 fully saturated rings. The van der Waals surface area contributed by atoms with Crippen molar-refractivity contribution in [3.8, 4) is 0 Å². The maximum Gasteiger partial charge on any atom is 0.226 e. The van der Waals surface area contributed by atoms with Gasteiger partial charge in [-0.3, -0.25) is 9.59 Å². The molecular weight excluding hydrogens is 276 g/mol. The van der Waals surface area contributed by atoms with Crippen LogP contribution in [0.4, 0.5) is 0 Å². The topological polar surface area (TPSA) is 49.4 Å². The quantitative estimate of drug-likeness (QED) is 0.925. The molecule has 1 aromatic rings. The summed E-state index contributed by atoms with van der Waals surface area (Å²) in [7, 11) is 0. The number of carbonyl (C=O) groups is 2. The van der Waals surface area contributed by atoms with Gasteiger partial charge in [0.05, 0.1) is 6.42 Å². The number of piperidine rings is 1. The van der Waals surface area contributed by atoms with Gasteiger partial charge in [0.15, 0.2) is 0 Å². The summed E-state index contributed by atoms with van der Waals surface area (Å²) >= 11 is 0. The summed E-state index contributed by atoms with van der Waals surface area (Å²) in [5.74, 6) is 0.451. The summed E-state index contributed by atoms with van der Waals surface area (Å²) in [6, 6.07) is 8.45. The van der Waals surface area contributed by atoms with Crippen LogP contribution in [0, 0.1) is 12.8 Å². The number of carbonyl (C=O) groups excluding carboxylic acids is 2. The Morgan fingerprint density at radius 3 is 2.45 bits per heavy atom. The Balaban J connectivity index is 1.49. The Bertz CT molecular complexity index is 558. The summed E-state index contributed by atoms with van der Waals surface area (Å²) in [5.41, 5.74) is 2.26. The molecule has 4 heteroatoms. The molecule has 118 valence electrons. The zero-order valence-electron chi connectivity index (χ0n) is 13.2. The van der Waals surface area contributed by atoms with E-state index in [0.717, 1.165) is 36.8 Å². The molecule has 4 nitrogen and oxygen atoms in total. The molecule has 1 aliphatic carbocycles. The first-order chi connectivity index (χ1) is 10.6. The summed E-state index contributed by atoms with van der Waals surface area (Å²) in [4.78, 5) is 26.4. The van der Waals surface area contributed by atoms with Crippen LogP contribution >= 0.6 is 0 Å². The minimum absolute atomic E-state index is 0.0862. The Hall–Kier alpha value is -1.84. The minimum atomic E-state index is 0.0862. The van der Waals surface area contributed by atoms with E-state index < -0.39 is 0 Å². The Kier molecular flexibility index (Phi) is 4.46. The molecule has 1 N–H and O–H groups in total. The molecule has 1 saturated heterocycles. The fraction of sp³-hybridized carbons (Fsp3) is 0.556. The van der Waals surface area contributed by atoms with E-state index in [9.17, 15) is 9.59 Å². The van der Waals surface area contributed by atoms with Crippen molar-refractivity contribution in [1.29, 1.82) is 0 Å². The zero-order valence-corrected chi connectivity index (χ0v) is 13.2. The normalized spacial score (nSPS) is 19.0. The number of benzene rings is 1. The molecule has 0 unspecified atom stereocenters. The number of rotatable bonds is 4. The maximum atomic E-state index is 12.4. The number of amides is 2. The van der Waals surface area contributed by atoms with Crippen LogP contribution in [0.15, 0.2) is 24.3 Å². The molecule has 0 spiro atoms. The molecule has 2 aliphatic rings. The molecule has 1 aliphatic heterocycles. The van der Waals surface area contributed by atoms with Crippen molar-refractivity contribution >= 4 is 11.8 Å². The van der Waals surface area contributed by atoms with Crippen molar-refractivity contribution in [2.75, 3.05) is 13.1 Å². The van der Waals surface area contributed by atoms with E-state index in [-0.39, 0.29) is 17.7 Å². The standard InChI is InChI=1S/C18H24N2O2/c1-13-4-2-3-5-15(13)12-17(21)20-10-8-14(9-11-20)18(22)19-16-6-7-16/h2-5,14,16H,6-12H2,1H3,(H,19,22). The van der Waals surface area contributed by atoms with Gasteiger partial charge in [0.25, 0.3) is 0 Å². The van der Waals surface area contributed by atoms with E-state index in [1.807, 2.05) is 36.1 Å². The van der Waals surface area contributed by atoms with E-state index in [4.69, 9.17) is 0 Å². The first kappa shape index (κ1) is 15.1. The van der Waals surface area contributed by atoms with Crippen LogP contribution in [0.25, 0.3) is 0 Å². The van der Waals surface area contributed by atoms with Gasteiger partial charge in [-0.2, -0.15) is 0 Å². The van der Waals surface area contributed by atoms with Crippen molar-refractivity contribution in [3.05, 3.63) is 35.4 Å². The lowest BCUT2D eigenvalue weighted by molar-refractivity contribution is -0.135. The van der Waals surface area contributed by atoms with E-state index in [2.05, 4.69) is 5.32 Å². The molecule has 0 atom stereocenters. The number of nitrogens with zero attached hydrogens (tertiary/aromatic N) is 1. The van der Waals surface area contributed by atoms with Crippen molar-refractivity contribution in [1.82, 2.24) is 10.2 Å². The number of nitrogens with one attached hydrogen (secondary N) is 1. The highest BCUT2D eigenvalue weighted by atomic mass is 16.2. The fourth-order valence-electron chi connectivity index (χ4n) is 3.02. The maximum absolute atomic E-state index is 12.4. The second kappa shape index (κ2) is 6.51. The van der Waals surface area contributed by atoms with Crippen molar-refractivity contribution in [3.63, 3.8) is 0 Å². The lowest BCUT2D eigenvalue weighted by atomic mass is 9.95. The van der Waals surface area contributed by atoms with Crippen LogP contribution in [0.2, 0.25) is 0 Å². The first-order valence-corrected chi connectivity index (χ1v) is 8.26. The van der Waals surface area contributed by atoms with Crippen LogP contribution in [0.3, 0.4) is 0 Å². The Labute approximate surface area is 131 Å². The SMILES string of the molecule is Cc1ccccc1CC(=O)N1CCC(C(=O)NC2CC2)CC1.